The van der Waals surface area contributed by atoms with Crippen LogP contribution >= 0.6 is 0 Å². The van der Waals surface area contributed by atoms with Crippen LogP contribution in [0.5, 0.6) is 0 Å². The molecule has 0 bridgehead atoms. The minimum Gasteiger partial charge on any atom is -0.396 e. The van der Waals surface area contributed by atoms with Gasteiger partial charge in [0.15, 0.2) is 0 Å². The predicted molar refractivity (Wildman–Crippen MR) is 69.8 cm³/mol. The number of rotatable bonds is 4. The van der Waals surface area contributed by atoms with E-state index in [4.69, 9.17) is 5.11 Å². The molecule has 2 atom stereocenters. The van der Waals surface area contributed by atoms with Gasteiger partial charge in [-0.05, 0) is 31.0 Å². The van der Waals surface area contributed by atoms with Gasteiger partial charge in [0.2, 0.25) is 0 Å². The minimum absolute atomic E-state index is 0.0711. The summed E-state index contributed by atoms with van der Waals surface area (Å²) in [4.78, 5) is 18.6. The highest BCUT2D eigenvalue weighted by molar-refractivity contribution is 5.78. The van der Waals surface area contributed by atoms with Crippen molar-refractivity contribution in [3.05, 3.63) is 39.9 Å². The van der Waals surface area contributed by atoms with Crippen molar-refractivity contribution in [2.24, 2.45) is 0 Å². The number of hydrogen-bond donors (Lipinski definition) is 4. The van der Waals surface area contributed by atoms with Crippen molar-refractivity contribution >= 4 is 10.9 Å². The lowest BCUT2D eigenvalue weighted by molar-refractivity contribution is 0.00428. The molecule has 0 amide bonds. The van der Waals surface area contributed by atoms with E-state index in [0.29, 0.717) is 22.3 Å². The maximum atomic E-state index is 11.8. The van der Waals surface area contributed by atoms with Crippen molar-refractivity contribution in [3.63, 3.8) is 0 Å². The number of aliphatic hydroxyl groups is 3. The number of H-pyrrole nitrogens is 1. The third-order valence-corrected chi connectivity index (χ3v) is 2.98. The zero-order valence-corrected chi connectivity index (χ0v) is 10.5. The molecular formula is C13H16N2O4. The topological polar surface area (TPSA) is 106 Å². The van der Waals surface area contributed by atoms with E-state index in [1.165, 1.54) is 6.07 Å². The van der Waals surface area contributed by atoms with Gasteiger partial charge in [-0.3, -0.25) is 4.79 Å². The van der Waals surface area contributed by atoms with Crippen molar-refractivity contribution in [1.29, 1.82) is 0 Å². The zero-order valence-electron chi connectivity index (χ0n) is 10.5. The molecule has 1 aromatic carbocycles. The average molecular weight is 264 g/mol. The Labute approximate surface area is 109 Å². The first-order valence-corrected chi connectivity index (χ1v) is 6.00. The second-order valence-corrected chi connectivity index (χ2v) is 4.45. The van der Waals surface area contributed by atoms with E-state index in [0.717, 1.165) is 0 Å². The molecule has 0 radical (unpaired) electrons. The first-order chi connectivity index (χ1) is 9.02. The van der Waals surface area contributed by atoms with Gasteiger partial charge >= 0.3 is 0 Å². The van der Waals surface area contributed by atoms with E-state index in [2.05, 4.69) is 9.97 Å². The molecule has 6 nitrogen and oxygen atoms in total. The Morgan fingerprint density at radius 1 is 1.37 bits per heavy atom. The van der Waals surface area contributed by atoms with Crippen molar-refractivity contribution in [2.75, 3.05) is 6.61 Å². The number of hydrogen-bond acceptors (Lipinski definition) is 5. The van der Waals surface area contributed by atoms with Gasteiger partial charge in [0, 0.05) is 6.61 Å². The van der Waals surface area contributed by atoms with Gasteiger partial charge in [-0.15, -0.1) is 0 Å². The van der Waals surface area contributed by atoms with Crippen LogP contribution < -0.4 is 5.56 Å². The summed E-state index contributed by atoms with van der Waals surface area (Å²) in [6.07, 6.45) is -2.14. The lowest BCUT2D eigenvalue weighted by atomic mass is 10.0. The zero-order chi connectivity index (χ0) is 14.0. The lowest BCUT2D eigenvalue weighted by Crippen LogP contribution is -2.20. The Balaban J connectivity index is 2.44. The van der Waals surface area contributed by atoms with Gasteiger partial charge in [0.05, 0.1) is 17.0 Å². The minimum atomic E-state index is -1.14. The maximum Gasteiger partial charge on any atom is 0.258 e. The molecule has 0 aliphatic rings. The molecule has 2 aromatic rings. The molecule has 102 valence electrons. The van der Waals surface area contributed by atoms with E-state index in [1.54, 1.807) is 19.1 Å². The van der Waals surface area contributed by atoms with Crippen LogP contribution in [0, 0.1) is 6.92 Å². The molecule has 0 aliphatic carbocycles. The van der Waals surface area contributed by atoms with Gasteiger partial charge in [-0.25, -0.2) is 4.98 Å². The fourth-order valence-corrected chi connectivity index (χ4v) is 1.97. The fourth-order valence-electron chi connectivity index (χ4n) is 1.97. The molecule has 4 N–H and O–H groups in total. The Kier molecular flexibility index (Phi) is 3.94. The maximum absolute atomic E-state index is 11.8. The molecule has 0 saturated heterocycles. The smallest absolute Gasteiger partial charge is 0.258 e. The number of aromatic nitrogens is 2. The van der Waals surface area contributed by atoms with Gasteiger partial charge < -0.3 is 20.3 Å². The molecular weight excluding hydrogens is 248 g/mol. The van der Waals surface area contributed by atoms with Crippen LogP contribution in [0.1, 0.15) is 23.9 Å². The number of aromatic amines is 1. The van der Waals surface area contributed by atoms with Crippen LogP contribution in [-0.2, 0) is 0 Å². The van der Waals surface area contributed by atoms with E-state index < -0.39 is 12.2 Å². The Morgan fingerprint density at radius 2 is 2.11 bits per heavy atom. The highest BCUT2D eigenvalue weighted by atomic mass is 16.3. The largest absolute Gasteiger partial charge is 0.396 e. The fraction of sp³-hybridized carbons (Fsp3) is 0.385. The second kappa shape index (κ2) is 5.48. The van der Waals surface area contributed by atoms with Crippen molar-refractivity contribution in [1.82, 2.24) is 9.97 Å². The monoisotopic (exact) mass is 264 g/mol. The van der Waals surface area contributed by atoms with Crippen LogP contribution in [0.2, 0.25) is 0 Å². The van der Waals surface area contributed by atoms with E-state index in [-0.39, 0.29) is 18.6 Å². The molecule has 0 saturated carbocycles. The molecule has 0 spiro atoms. The number of nitrogens with zero attached hydrogens (tertiary/aromatic N) is 1. The number of aryl methyl sites for hydroxylation is 1. The third kappa shape index (κ3) is 2.81. The number of aliphatic hydroxyl groups excluding tert-OH is 3. The van der Waals surface area contributed by atoms with Crippen LogP contribution in [-0.4, -0.2) is 38.0 Å². The van der Waals surface area contributed by atoms with Gasteiger partial charge in [0.1, 0.15) is 11.9 Å². The SMILES string of the molecule is Cc1nc2ccc(C(O)C(O)CCO)cc2c(=O)[nH]1. The van der Waals surface area contributed by atoms with Crippen molar-refractivity contribution in [3.8, 4) is 0 Å². The standard InChI is InChI=1S/C13H16N2O4/c1-7-14-10-3-2-8(6-9(10)13(19)15-7)12(18)11(17)4-5-16/h2-3,6,11-12,16-18H,4-5H2,1H3,(H,14,15,19). The highest BCUT2D eigenvalue weighted by Gasteiger charge is 2.18. The summed E-state index contributed by atoms with van der Waals surface area (Å²) in [6.45, 7) is 1.47. The Morgan fingerprint density at radius 3 is 2.79 bits per heavy atom. The summed E-state index contributed by atoms with van der Waals surface area (Å²) in [5.41, 5.74) is 0.673. The number of nitrogens with one attached hydrogen (secondary N) is 1. The van der Waals surface area contributed by atoms with Gasteiger partial charge in [-0.2, -0.15) is 0 Å². The number of benzene rings is 1. The summed E-state index contributed by atoms with van der Waals surface area (Å²) >= 11 is 0. The molecule has 19 heavy (non-hydrogen) atoms. The first kappa shape index (κ1) is 13.7. The van der Waals surface area contributed by atoms with E-state index in [9.17, 15) is 15.0 Å². The van der Waals surface area contributed by atoms with Gasteiger partial charge in [-0.1, -0.05) is 6.07 Å². The lowest BCUT2D eigenvalue weighted by Gasteiger charge is -2.17. The van der Waals surface area contributed by atoms with Crippen LogP contribution in [0.4, 0.5) is 0 Å². The summed E-state index contributed by atoms with van der Waals surface area (Å²) in [6, 6.07) is 4.74. The summed E-state index contributed by atoms with van der Waals surface area (Å²) in [7, 11) is 0. The molecule has 1 heterocycles. The summed E-state index contributed by atoms with van der Waals surface area (Å²) in [5, 5.41) is 28.7. The summed E-state index contributed by atoms with van der Waals surface area (Å²) in [5.74, 6) is 0.520. The first-order valence-electron chi connectivity index (χ1n) is 6.00. The van der Waals surface area contributed by atoms with Crippen LogP contribution in [0.15, 0.2) is 23.0 Å². The van der Waals surface area contributed by atoms with Crippen LogP contribution in [0.25, 0.3) is 10.9 Å². The molecule has 0 aliphatic heterocycles. The molecule has 1 aromatic heterocycles. The Hall–Kier alpha value is -1.76. The predicted octanol–water partition coefficient (Wildman–Crippen LogP) is 0.00822. The molecule has 2 unspecified atom stereocenters. The number of fused-ring (bicyclic) bond motifs is 1. The van der Waals surface area contributed by atoms with E-state index >= 15 is 0 Å². The molecule has 2 rings (SSSR count). The highest BCUT2D eigenvalue weighted by Crippen LogP contribution is 2.21. The van der Waals surface area contributed by atoms with Crippen LogP contribution in [0.3, 0.4) is 0 Å². The normalized spacial score (nSPS) is 14.5. The second-order valence-electron chi connectivity index (χ2n) is 4.45. The Bertz CT molecular complexity index is 638. The van der Waals surface area contributed by atoms with Crippen molar-refractivity contribution in [2.45, 2.75) is 25.6 Å². The van der Waals surface area contributed by atoms with Crippen molar-refractivity contribution < 1.29 is 15.3 Å². The quantitative estimate of drug-likeness (QED) is 0.622. The molecule has 6 heteroatoms. The van der Waals surface area contributed by atoms with Gasteiger partial charge in [0.25, 0.3) is 5.56 Å². The third-order valence-electron chi connectivity index (χ3n) is 2.98. The average Bonchev–Trinajstić information content (AvgIpc) is 2.37. The van der Waals surface area contributed by atoms with E-state index in [1.807, 2.05) is 0 Å². The molecule has 0 fully saturated rings. The summed E-state index contributed by atoms with van der Waals surface area (Å²) < 4.78 is 0.